The minimum Gasteiger partial charge on any atom is -0.496 e. The van der Waals surface area contributed by atoms with Crippen molar-refractivity contribution in [1.29, 1.82) is 5.26 Å². The van der Waals surface area contributed by atoms with Crippen LogP contribution in [0, 0.1) is 17.1 Å². The molecule has 41 heavy (non-hydrogen) atoms. The fourth-order valence-electron chi connectivity index (χ4n) is 4.52. The second kappa shape index (κ2) is 12.1. The molecule has 4 rings (SSSR count). The van der Waals surface area contributed by atoms with Gasteiger partial charge in [-0.1, -0.05) is 31.8 Å². The Morgan fingerprint density at radius 2 is 2.00 bits per heavy atom. The molecule has 2 heterocycles. The summed E-state index contributed by atoms with van der Waals surface area (Å²) in [7, 11) is 0.145. The van der Waals surface area contributed by atoms with Crippen molar-refractivity contribution < 1.29 is 18.7 Å². The maximum atomic E-state index is 13.9. The number of nitrogen functional groups attached to an aromatic ring is 1. The summed E-state index contributed by atoms with van der Waals surface area (Å²) in [5.74, 6) is -0.448. The molecule has 0 aliphatic heterocycles. The van der Waals surface area contributed by atoms with E-state index in [1.54, 1.807) is 15.6 Å². The lowest BCUT2D eigenvalue weighted by Crippen LogP contribution is -2.24. The first-order chi connectivity index (χ1) is 19.4. The monoisotopic (exact) mass is 577 g/mol. The first kappa shape index (κ1) is 29.8. The van der Waals surface area contributed by atoms with Crippen LogP contribution in [-0.4, -0.2) is 47.3 Å². The van der Waals surface area contributed by atoms with Gasteiger partial charge in [-0.05, 0) is 43.7 Å². The number of nitrogens with one attached hydrogen (secondary N) is 1. The highest BCUT2D eigenvalue weighted by Gasteiger charge is 2.23. The van der Waals surface area contributed by atoms with E-state index in [2.05, 4.69) is 41.2 Å². The van der Waals surface area contributed by atoms with Crippen LogP contribution in [0.25, 0.3) is 22.2 Å². The smallest absolute Gasteiger partial charge is 0.255 e. The number of aromatic nitrogens is 4. The second-order valence-corrected chi connectivity index (χ2v) is 16.9. The molecule has 12 heteroatoms. The molecule has 0 spiro atoms. The van der Waals surface area contributed by atoms with Crippen LogP contribution in [0.5, 0.6) is 5.75 Å². The molecular formula is C29H36FN7O3Si. The van der Waals surface area contributed by atoms with Crippen molar-refractivity contribution >= 4 is 30.7 Å². The maximum Gasteiger partial charge on any atom is 0.255 e. The highest BCUT2D eigenvalue weighted by atomic mass is 28.3. The Bertz CT molecular complexity index is 1620. The molecule has 0 aliphatic carbocycles. The van der Waals surface area contributed by atoms with Gasteiger partial charge in [0.15, 0.2) is 0 Å². The first-order valence-electron chi connectivity index (χ1n) is 13.4. The summed E-state index contributed by atoms with van der Waals surface area (Å²) in [5, 5.41) is 22.8. The van der Waals surface area contributed by atoms with Gasteiger partial charge in [-0.15, -0.1) is 0 Å². The summed E-state index contributed by atoms with van der Waals surface area (Å²) in [5.41, 5.74) is 9.30. The molecule has 0 saturated heterocycles. The summed E-state index contributed by atoms with van der Waals surface area (Å²) < 4.78 is 28.5. The number of carbonyl (C=O) groups excluding carboxylic acids is 1. The molecule has 0 bridgehead atoms. The maximum absolute atomic E-state index is 13.9. The zero-order chi connectivity index (χ0) is 29.9. The standard InChI is InChI=1S/C29H36FN7O3Si/c1-18(2)37-28(32)23(14-31)26(35-37)21-9-7-19(15-33-29(38)22-13-20(30)8-10-25(22)39-3)27-24(21)16-34-36(27)17-40-11-12-41(4,5)6/h7-10,13,16,18H,11-12,15,17,32H2,1-6H3,(H,33,38). The average Bonchev–Trinajstić information content (AvgIpc) is 3.50. The summed E-state index contributed by atoms with van der Waals surface area (Å²) in [6, 6.07) is 10.7. The highest BCUT2D eigenvalue weighted by molar-refractivity contribution is 6.76. The average molecular weight is 578 g/mol. The number of methoxy groups -OCH3 is 1. The van der Waals surface area contributed by atoms with Crippen LogP contribution < -0.4 is 15.8 Å². The molecular weight excluding hydrogens is 541 g/mol. The summed E-state index contributed by atoms with van der Waals surface area (Å²) in [4.78, 5) is 13.0. The summed E-state index contributed by atoms with van der Waals surface area (Å²) >= 11 is 0. The van der Waals surface area contributed by atoms with E-state index >= 15 is 0 Å². The van der Waals surface area contributed by atoms with Crippen molar-refractivity contribution in [2.75, 3.05) is 19.5 Å². The van der Waals surface area contributed by atoms with Gasteiger partial charge in [-0.2, -0.15) is 15.5 Å². The molecule has 4 aromatic rings. The number of fused-ring (bicyclic) bond motifs is 1. The molecule has 0 atom stereocenters. The van der Waals surface area contributed by atoms with Crippen LogP contribution in [0.1, 0.15) is 41.4 Å². The van der Waals surface area contributed by atoms with Crippen LogP contribution >= 0.6 is 0 Å². The van der Waals surface area contributed by atoms with E-state index in [0.29, 0.717) is 29.2 Å². The van der Waals surface area contributed by atoms with Gasteiger partial charge >= 0.3 is 0 Å². The lowest BCUT2D eigenvalue weighted by atomic mass is 10.0. The van der Waals surface area contributed by atoms with Crippen molar-refractivity contribution in [2.24, 2.45) is 0 Å². The number of amides is 1. The first-order valence-corrected chi connectivity index (χ1v) is 17.1. The van der Waals surface area contributed by atoms with E-state index in [-0.39, 0.29) is 30.6 Å². The minimum atomic E-state index is -1.28. The third kappa shape index (κ3) is 6.42. The molecule has 0 aliphatic rings. The molecule has 0 fully saturated rings. The molecule has 0 saturated carbocycles. The van der Waals surface area contributed by atoms with Gasteiger partial charge in [0, 0.05) is 38.2 Å². The number of hydrogen-bond donors (Lipinski definition) is 2. The molecule has 2 aromatic heterocycles. The van der Waals surface area contributed by atoms with Crippen molar-refractivity contribution in [1.82, 2.24) is 24.9 Å². The Balaban J connectivity index is 1.74. The number of nitrogens with zero attached hydrogens (tertiary/aromatic N) is 5. The number of benzene rings is 2. The van der Waals surface area contributed by atoms with Gasteiger partial charge in [-0.25, -0.2) is 13.8 Å². The van der Waals surface area contributed by atoms with E-state index < -0.39 is 19.8 Å². The van der Waals surface area contributed by atoms with E-state index in [1.165, 1.54) is 19.2 Å². The van der Waals surface area contributed by atoms with Gasteiger partial charge in [0.1, 0.15) is 41.4 Å². The molecule has 1 amide bonds. The Kier molecular flexibility index (Phi) is 8.79. The fourth-order valence-corrected chi connectivity index (χ4v) is 5.28. The zero-order valence-corrected chi connectivity index (χ0v) is 25.3. The Morgan fingerprint density at radius 3 is 2.66 bits per heavy atom. The van der Waals surface area contributed by atoms with Crippen LogP contribution in [-0.2, 0) is 18.0 Å². The number of nitriles is 1. The quantitative estimate of drug-likeness (QED) is 0.182. The number of hydrogen-bond acceptors (Lipinski definition) is 7. The van der Waals surface area contributed by atoms with Crippen LogP contribution in [0.2, 0.25) is 25.7 Å². The normalized spacial score (nSPS) is 11.7. The van der Waals surface area contributed by atoms with Crippen LogP contribution in [0.3, 0.4) is 0 Å². The Morgan fingerprint density at radius 1 is 1.24 bits per heavy atom. The Hall–Kier alpha value is -4.21. The lowest BCUT2D eigenvalue weighted by molar-refractivity contribution is 0.0816. The molecule has 0 radical (unpaired) electrons. The molecule has 2 aromatic carbocycles. The number of rotatable bonds is 11. The SMILES string of the molecule is COc1ccc(F)cc1C(=O)NCc1ccc(-c2nn(C(C)C)c(N)c2C#N)c2cnn(COCC[Si](C)(C)C)c12. The van der Waals surface area contributed by atoms with Gasteiger partial charge in [0.2, 0.25) is 0 Å². The predicted octanol–water partition coefficient (Wildman–Crippen LogP) is 5.32. The largest absolute Gasteiger partial charge is 0.496 e. The van der Waals surface area contributed by atoms with Crippen molar-refractivity contribution in [3.63, 3.8) is 0 Å². The Labute approximate surface area is 239 Å². The number of anilines is 1. The van der Waals surface area contributed by atoms with Gasteiger partial charge in [-0.3, -0.25) is 4.79 Å². The van der Waals surface area contributed by atoms with Crippen molar-refractivity contribution in [3.05, 3.63) is 59.0 Å². The van der Waals surface area contributed by atoms with Crippen LogP contribution in [0.15, 0.2) is 36.5 Å². The fraction of sp³-hybridized carbons (Fsp3) is 0.379. The van der Waals surface area contributed by atoms with Gasteiger partial charge in [0.25, 0.3) is 5.91 Å². The lowest BCUT2D eigenvalue weighted by Gasteiger charge is -2.16. The van der Waals surface area contributed by atoms with Gasteiger partial charge < -0.3 is 20.5 Å². The highest BCUT2D eigenvalue weighted by Crippen LogP contribution is 2.35. The van der Waals surface area contributed by atoms with E-state index in [9.17, 15) is 14.4 Å². The minimum absolute atomic E-state index is 0.0388. The van der Waals surface area contributed by atoms with E-state index in [4.69, 9.17) is 15.2 Å². The third-order valence-corrected chi connectivity index (χ3v) is 8.45. The number of nitrogens with two attached hydrogens (primary N) is 1. The molecule has 3 N–H and O–H groups in total. The second-order valence-electron chi connectivity index (χ2n) is 11.3. The topological polar surface area (TPSA) is 133 Å². The molecule has 0 unspecified atom stereocenters. The number of ether oxygens (including phenoxy) is 2. The van der Waals surface area contributed by atoms with Crippen molar-refractivity contribution in [3.8, 4) is 23.1 Å². The van der Waals surface area contributed by atoms with Crippen molar-refractivity contribution in [2.45, 2.75) is 58.9 Å². The summed E-state index contributed by atoms with van der Waals surface area (Å²) in [6.07, 6.45) is 1.71. The van der Waals surface area contributed by atoms with Gasteiger partial charge in [0.05, 0.1) is 24.4 Å². The third-order valence-electron chi connectivity index (χ3n) is 6.74. The zero-order valence-electron chi connectivity index (χ0n) is 24.3. The predicted molar refractivity (Wildman–Crippen MR) is 159 cm³/mol. The van der Waals surface area contributed by atoms with E-state index in [1.807, 2.05) is 26.0 Å². The van der Waals surface area contributed by atoms with E-state index in [0.717, 1.165) is 28.6 Å². The molecule has 216 valence electrons. The molecule has 10 nitrogen and oxygen atoms in total. The number of carbonyl (C=O) groups is 1. The van der Waals surface area contributed by atoms with Crippen LogP contribution in [0.4, 0.5) is 10.2 Å². The summed E-state index contributed by atoms with van der Waals surface area (Å²) in [6.45, 7) is 11.7. The number of halogens is 1.